The summed E-state index contributed by atoms with van der Waals surface area (Å²) in [5, 5.41) is 12.1. The maximum atomic E-state index is 12.5. The van der Waals surface area contributed by atoms with E-state index in [9.17, 15) is 10.1 Å². The van der Waals surface area contributed by atoms with Gasteiger partial charge in [-0.1, -0.05) is 0 Å². The summed E-state index contributed by atoms with van der Waals surface area (Å²) in [6.07, 6.45) is 0.302. The molecular weight excluding hydrogens is 541 g/mol. The number of rotatable bonds is 9. The van der Waals surface area contributed by atoms with Gasteiger partial charge in [-0.3, -0.25) is 0 Å². The van der Waals surface area contributed by atoms with E-state index in [0.717, 1.165) is 15.9 Å². The molecule has 0 radical (unpaired) electrons. The number of halogens is 1. The summed E-state index contributed by atoms with van der Waals surface area (Å²) < 4.78 is 16.6. The van der Waals surface area contributed by atoms with Crippen molar-refractivity contribution in [3.8, 4) is 17.2 Å². The van der Waals surface area contributed by atoms with Crippen LogP contribution in [-0.4, -0.2) is 26.3 Å². The Morgan fingerprint density at radius 3 is 1.47 bits per heavy atom. The predicted octanol–water partition coefficient (Wildman–Crippen LogP) is 5.96. The molecule has 0 unspecified atom stereocenters. The van der Waals surface area contributed by atoms with Crippen molar-refractivity contribution < 1.29 is 19.1 Å². The molecule has 0 fully saturated rings. The van der Waals surface area contributed by atoms with Crippen molar-refractivity contribution in [3.05, 3.63) is 113 Å². The van der Waals surface area contributed by atoms with Crippen LogP contribution in [0.4, 0.5) is 5.69 Å². The van der Waals surface area contributed by atoms with Crippen LogP contribution >= 0.6 is 20.8 Å². The topological polar surface area (TPSA) is 70.8 Å². The van der Waals surface area contributed by atoms with Gasteiger partial charge in [0.15, 0.2) is 0 Å². The fourth-order valence-corrected chi connectivity index (χ4v) is 12.4. The standard InChI is InChI=1S/C28H27BrNO5P/c1-33-25-19-21(26(30(31)32)28(35-3)27(25)34-2)20-36(29,22-13-7-4-8-14-22,23-15-9-5-10-16-23)24-17-11-6-12-18-24/h4-19H,20H2,1-3H3. The first-order valence-electron chi connectivity index (χ1n) is 11.2. The molecule has 0 saturated carbocycles. The minimum atomic E-state index is -3.51. The average molecular weight is 568 g/mol. The van der Waals surface area contributed by atoms with E-state index < -0.39 is 10.2 Å². The predicted molar refractivity (Wildman–Crippen MR) is 151 cm³/mol. The van der Waals surface area contributed by atoms with Gasteiger partial charge < -0.3 is 0 Å². The molecule has 36 heavy (non-hydrogen) atoms. The summed E-state index contributed by atoms with van der Waals surface area (Å²) in [5.41, 5.74) is 0.326. The van der Waals surface area contributed by atoms with Crippen molar-refractivity contribution in [2.24, 2.45) is 0 Å². The zero-order chi connectivity index (χ0) is 25.8. The molecule has 0 atom stereocenters. The van der Waals surface area contributed by atoms with Crippen LogP contribution in [0.3, 0.4) is 0 Å². The van der Waals surface area contributed by atoms with E-state index in [4.69, 9.17) is 14.2 Å². The van der Waals surface area contributed by atoms with Crippen LogP contribution in [0.5, 0.6) is 17.2 Å². The zero-order valence-electron chi connectivity index (χ0n) is 20.3. The van der Waals surface area contributed by atoms with Gasteiger partial charge in [-0.05, 0) is 0 Å². The Labute approximate surface area is 218 Å². The molecule has 0 saturated heterocycles. The van der Waals surface area contributed by atoms with Gasteiger partial charge in [-0.25, -0.2) is 0 Å². The van der Waals surface area contributed by atoms with E-state index in [2.05, 4.69) is 51.9 Å². The van der Waals surface area contributed by atoms with Crippen LogP contribution in [0.1, 0.15) is 5.56 Å². The van der Waals surface area contributed by atoms with Crippen LogP contribution in [0, 0.1) is 10.1 Å². The number of hydrogen-bond acceptors (Lipinski definition) is 5. The van der Waals surface area contributed by atoms with Crippen LogP contribution < -0.4 is 30.1 Å². The molecule has 0 aliphatic heterocycles. The van der Waals surface area contributed by atoms with Gasteiger partial charge in [-0.2, -0.15) is 0 Å². The molecule has 8 heteroatoms. The molecule has 4 aromatic carbocycles. The van der Waals surface area contributed by atoms with Gasteiger partial charge >= 0.3 is 219 Å². The molecule has 4 rings (SSSR count). The Bertz CT molecular complexity index is 1270. The van der Waals surface area contributed by atoms with Crippen molar-refractivity contribution in [1.29, 1.82) is 0 Å². The Hall–Kier alpha value is -3.41. The fourth-order valence-electron chi connectivity index (χ4n) is 4.77. The molecule has 0 aromatic heterocycles. The number of hydrogen-bond donors (Lipinski definition) is 0. The van der Waals surface area contributed by atoms with E-state index in [1.165, 1.54) is 21.3 Å². The Morgan fingerprint density at radius 1 is 0.722 bits per heavy atom. The number of nitrogens with zero attached hydrogens (tertiary/aromatic N) is 1. The second kappa shape index (κ2) is 10.3. The van der Waals surface area contributed by atoms with Gasteiger partial charge in [0.25, 0.3) is 0 Å². The van der Waals surface area contributed by atoms with Crippen molar-refractivity contribution in [1.82, 2.24) is 0 Å². The second-order valence-electron chi connectivity index (χ2n) is 8.26. The quantitative estimate of drug-likeness (QED) is 0.142. The van der Waals surface area contributed by atoms with E-state index in [0.29, 0.717) is 17.5 Å². The number of methoxy groups -OCH3 is 3. The first-order chi connectivity index (χ1) is 17.4. The third-order valence-electron chi connectivity index (χ3n) is 6.42. The molecule has 0 spiro atoms. The van der Waals surface area contributed by atoms with Gasteiger partial charge in [0.2, 0.25) is 0 Å². The minimum absolute atomic E-state index is 0.0311. The van der Waals surface area contributed by atoms with Gasteiger partial charge in [0.1, 0.15) is 0 Å². The van der Waals surface area contributed by atoms with Crippen molar-refractivity contribution in [2.75, 3.05) is 21.3 Å². The molecule has 0 bridgehead atoms. The molecule has 0 aliphatic rings. The van der Waals surface area contributed by atoms with Gasteiger partial charge in [0, 0.05) is 0 Å². The van der Waals surface area contributed by atoms with Crippen molar-refractivity contribution in [3.63, 3.8) is 0 Å². The SMILES string of the molecule is COc1cc(CP(Br)(c2ccccc2)(c2ccccc2)c2ccccc2)c([N+](=O)[O-])c(OC)c1OC. The van der Waals surface area contributed by atoms with E-state index in [1.807, 2.05) is 54.6 Å². The Kier molecular flexibility index (Phi) is 7.34. The normalized spacial score (nSPS) is 12.3. The fraction of sp³-hybridized carbons (Fsp3) is 0.143. The summed E-state index contributed by atoms with van der Waals surface area (Å²) in [6.45, 7) is 0. The summed E-state index contributed by atoms with van der Waals surface area (Å²) >= 11 is 4.36. The molecule has 0 amide bonds. The van der Waals surface area contributed by atoms with Gasteiger partial charge in [-0.15, -0.1) is 0 Å². The second-order valence-corrected chi connectivity index (χ2v) is 17.2. The molecule has 0 N–H and O–H groups in total. The Morgan fingerprint density at radius 2 is 1.14 bits per heavy atom. The number of benzene rings is 4. The summed E-state index contributed by atoms with van der Waals surface area (Å²) in [6, 6.07) is 32.0. The maximum absolute atomic E-state index is 12.5. The number of nitro benzene ring substituents is 1. The Balaban J connectivity index is 2.17. The van der Waals surface area contributed by atoms with Crippen LogP contribution in [0.2, 0.25) is 0 Å². The first kappa shape index (κ1) is 25.7. The molecule has 186 valence electrons. The first-order valence-corrected chi connectivity index (χ1v) is 15.7. The van der Waals surface area contributed by atoms with Crippen molar-refractivity contribution >= 4 is 42.4 Å². The molecular formula is C28H27BrNO5P. The van der Waals surface area contributed by atoms with Crippen LogP contribution in [0.15, 0.2) is 97.1 Å². The average Bonchev–Trinajstić information content (AvgIpc) is 2.93. The van der Waals surface area contributed by atoms with E-state index in [1.54, 1.807) is 6.07 Å². The zero-order valence-corrected chi connectivity index (χ0v) is 22.7. The summed E-state index contributed by atoms with van der Waals surface area (Å²) in [5.74, 6) is 0.578. The molecule has 6 nitrogen and oxygen atoms in total. The molecule has 0 aliphatic carbocycles. The third-order valence-corrected chi connectivity index (χ3v) is 15.9. The number of nitro groups is 1. The summed E-state index contributed by atoms with van der Waals surface area (Å²) in [7, 11) is 4.34. The van der Waals surface area contributed by atoms with E-state index >= 15 is 0 Å². The van der Waals surface area contributed by atoms with Crippen LogP contribution in [0.25, 0.3) is 0 Å². The molecule has 4 aromatic rings. The van der Waals surface area contributed by atoms with Crippen molar-refractivity contribution in [2.45, 2.75) is 6.16 Å². The number of ether oxygens (including phenoxy) is 3. The third kappa shape index (κ3) is 4.12. The monoisotopic (exact) mass is 567 g/mol. The van der Waals surface area contributed by atoms with E-state index in [-0.39, 0.29) is 17.2 Å². The van der Waals surface area contributed by atoms with Gasteiger partial charge in [0.05, 0.1) is 0 Å². The van der Waals surface area contributed by atoms with Crippen LogP contribution in [-0.2, 0) is 6.16 Å². The summed E-state index contributed by atoms with van der Waals surface area (Å²) in [4.78, 5) is 12.1. The molecule has 0 heterocycles.